The van der Waals surface area contributed by atoms with E-state index in [-0.39, 0.29) is 24.1 Å². The Hall–Kier alpha value is -1.59. The van der Waals surface area contributed by atoms with E-state index in [4.69, 9.17) is 28.3 Å². The Morgan fingerprint density at radius 2 is 1.56 bits per heavy atom. The molecule has 0 saturated heterocycles. The fraction of sp³-hybridized carbons (Fsp3) is 0.182. The van der Waals surface area contributed by atoms with E-state index in [1.54, 1.807) is 0 Å². The van der Waals surface area contributed by atoms with Crippen molar-refractivity contribution in [2.75, 3.05) is 11.9 Å². The van der Waals surface area contributed by atoms with Gasteiger partial charge in [-0.1, -0.05) is 0 Å². The Morgan fingerprint density at radius 1 is 1.06 bits per heavy atom. The van der Waals surface area contributed by atoms with Gasteiger partial charge in [0.1, 0.15) is 0 Å². The summed E-state index contributed by atoms with van der Waals surface area (Å²) in [6, 6.07) is 4.11. The first-order valence-electron chi connectivity index (χ1n) is 4.90. The number of carbonyl (C=O) groups is 3. The molecule has 0 spiro atoms. The number of carbonyl (C=O) groups excluding carboxylic acids is 2. The van der Waals surface area contributed by atoms with Gasteiger partial charge in [0.05, 0.1) is 6.42 Å². The average molecular weight is 290 g/mol. The van der Waals surface area contributed by atoms with Crippen molar-refractivity contribution in [2.45, 2.75) is 6.42 Å². The standard InChI is InChI=1S/C11H9Cl2NO4/c12-10(17)6-3-7(11(13)18)5-8(4-6)14-2-1-9(15)16/h3-5,14H,1-2H2,(H,15,16). The third kappa shape index (κ3) is 4.35. The molecule has 0 fully saturated rings. The van der Waals surface area contributed by atoms with Crippen LogP contribution in [0.5, 0.6) is 0 Å². The highest BCUT2D eigenvalue weighted by atomic mass is 35.5. The van der Waals surface area contributed by atoms with Crippen LogP contribution in [0, 0.1) is 0 Å². The fourth-order valence-electron chi connectivity index (χ4n) is 1.27. The monoisotopic (exact) mass is 289 g/mol. The van der Waals surface area contributed by atoms with Gasteiger partial charge in [-0.3, -0.25) is 14.4 Å². The quantitative estimate of drug-likeness (QED) is 0.785. The molecule has 0 bridgehead atoms. The summed E-state index contributed by atoms with van der Waals surface area (Å²) in [5.41, 5.74) is 0.633. The molecule has 0 atom stereocenters. The maximum absolute atomic E-state index is 11.0. The van der Waals surface area contributed by atoms with E-state index in [1.807, 2.05) is 0 Å². The van der Waals surface area contributed by atoms with Crippen molar-refractivity contribution < 1.29 is 19.5 Å². The summed E-state index contributed by atoms with van der Waals surface area (Å²) in [5, 5.41) is 9.80. The molecule has 0 aromatic heterocycles. The molecule has 2 N–H and O–H groups in total. The molecule has 1 aromatic rings. The Balaban J connectivity index is 2.93. The molecule has 0 radical (unpaired) electrons. The summed E-state index contributed by atoms with van der Waals surface area (Å²) in [6.07, 6.45) is -0.0940. The second kappa shape index (κ2) is 6.37. The van der Waals surface area contributed by atoms with Crippen molar-refractivity contribution in [2.24, 2.45) is 0 Å². The number of benzene rings is 1. The van der Waals surface area contributed by atoms with Crippen LogP contribution >= 0.6 is 23.2 Å². The largest absolute Gasteiger partial charge is 0.481 e. The molecule has 1 aromatic carbocycles. The summed E-state index contributed by atoms with van der Waals surface area (Å²) < 4.78 is 0. The number of carboxylic acid groups (broad SMARTS) is 1. The normalized spacial score (nSPS) is 9.89. The van der Waals surface area contributed by atoms with Crippen LogP contribution in [0.25, 0.3) is 0 Å². The molecule has 0 saturated carbocycles. The SMILES string of the molecule is O=C(O)CCNc1cc(C(=O)Cl)cc(C(=O)Cl)c1. The lowest BCUT2D eigenvalue weighted by Gasteiger charge is -2.07. The molecule has 7 heteroatoms. The number of hydrogen-bond donors (Lipinski definition) is 2. The minimum Gasteiger partial charge on any atom is -0.481 e. The Kier molecular flexibility index (Phi) is 5.12. The van der Waals surface area contributed by atoms with Crippen molar-refractivity contribution in [1.82, 2.24) is 0 Å². The summed E-state index contributed by atoms with van der Waals surface area (Å²) >= 11 is 10.6. The topological polar surface area (TPSA) is 83.5 Å². The maximum Gasteiger partial charge on any atom is 0.305 e. The second-order valence-corrected chi connectivity index (χ2v) is 4.10. The average Bonchev–Trinajstić information content (AvgIpc) is 2.28. The third-order valence-electron chi connectivity index (χ3n) is 2.05. The zero-order valence-corrected chi connectivity index (χ0v) is 10.6. The van der Waals surface area contributed by atoms with Gasteiger partial charge in [-0.15, -0.1) is 0 Å². The lowest BCUT2D eigenvalue weighted by molar-refractivity contribution is -0.136. The van der Waals surface area contributed by atoms with Gasteiger partial charge in [0, 0.05) is 23.4 Å². The second-order valence-electron chi connectivity index (χ2n) is 3.42. The highest BCUT2D eigenvalue weighted by Gasteiger charge is 2.10. The fourth-order valence-corrected chi connectivity index (χ4v) is 1.49. The summed E-state index contributed by atoms with van der Waals surface area (Å²) in [5.74, 6) is -0.958. The van der Waals surface area contributed by atoms with Gasteiger partial charge in [-0.2, -0.15) is 0 Å². The number of carboxylic acids is 1. The van der Waals surface area contributed by atoms with Crippen LogP contribution in [0.2, 0.25) is 0 Å². The Morgan fingerprint density at radius 3 is 1.94 bits per heavy atom. The van der Waals surface area contributed by atoms with Crippen molar-refractivity contribution in [3.8, 4) is 0 Å². The lowest BCUT2D eigenvalue weighted by atomic mass is 10.1. The first kappa shape index (κ1) is 14.5. The van der Waals surface area contributed by atoms with Crippen LogP contribution in [0.3, 0.4) is 0 Å². The number of nitrogens with one attached hydrogen (secondary N) is 1. The molecule has 0 unspecified atom stereocenters. The van der Waals surface area contributed by atoms with Crippen LogP contribution in [0.15, 0.2) is 18.2 Å². The maximum atomic E-state index is 11.0. The molecular weight excluding hydrogens is 281 g/mol. The summed E-state index contributed by atoms with van der Waals surface area (Å²) in [7, 11) is 0. The van der Waals surface area contributed by atoms with Gasteiger partial charge in [-0.25, -0.2) is 0 Å². The van der Waals surface area contributed by atoms with Crippen molar-refractivity contribution >= 4 is 45.3 Å². The lowest BCUT2D eigenvalue weighted by Crippen LogP contribution is -2.08. The molecule has 96 valence electrons. The minimum atomic E-state index is -0.958. The number of aliphatic carboxylic acids is 1. The van der Waals surface area contributed by atoms with E-state index in [0.717, 1.165) is 0 Å². The zero-order valence-electron chi connectivity index (χ0n) is 9.07. The third-order valence-corrected chi connectivity index (χ3v) is 2.49. The predicted octanol–water partition coefficient (Wildman–Crippen LogP) is 2.33. The van der Waals surface area contributed by atoms with Crippen molar-refractivity contribution in [1.29, 1.82) is 0 Å². The predicted molar refractivity (Wildman–Crippen MR) is 67.6 cm³/mol. The molecule has 1 rings (SSSR count). The van der Waals surface area contributed by atoms with Gasteiger partial charge in [0.2, 0.25) is 0 Å². The zero-order chi connectivity index (χ0) is 13.7. The minimum absolute atomic E-state index is 0.0940. The molecule has 0 aliphatic rings. The molecule has 18 heavy (non-hydrogen) atoms. The van der Waals surface area contributed by atoms with Crippen LogP contribution in [-0.4, -0.2) is 28.1 Å². The van der Waals surface area contributed by atoms with E-state index in [2.05, 4.69) is 5.32 Å². The smallest absolute Gasteiger partial charge is 0.305 e. The first-order valence-corrected chi connectivity index (χ1v) is 5.66. The Bertz CT molecular complexity index is 470. The van der Waals surface area contributed by atoms with E-state index < -0.39 is 16.5 Å². The molecule has 5 nitrogen and oxygen atoms in total. The van der Waals surface area contributed by atoms with Gasteiger partial charge >= 0.3 is 5.97 Å². The number of anilines is 1. The number of hydrogen-bond acceptors (Lipinski definition) is 4. The van der Waals surface area contributed by atoms with Gasteiger partial charge in [-0.05, 0) is 41.4 Å². The van der Waals surface area contributed by atoms with Crippen molar-refractivity contribution in [3.63, 3.8) is 0 Å². The van der Waals surface area contributed by atoms with Gasteiger partial charge < -0.3 is 10.4 Å². The van der Waals surface area contributed by atoms with E-state index in [1.165, 1.54) is 18.2 Å². The first-order chi connectivity index (χ1) is 8.40. The van der Waals surface area contributed by atoms with E-state index >= 15 is 0 Å². The van der Waals surface area contributed by atoms with Crippen LogP contribution in [-0.2, 0) is 4.79 Å². The molecule has 0 aliphatic heterocycles. The number of rotatable bonds is 6. The van der Waals surface area contributed by atoms with Crippen molar-refractivity contribution in [3.05, 3.63) is 29.3 Å². The highest BCUT2D eigenvalue weighted by molar-refractivity contribution is 6.69. The van der Waals surface area contributed by atoms with Gasteiger partial charge in [0.25, 0.3) is 10.5 Å². The van der Waals surface area contributed by atoms with E-state index in [9.17, 15) is 14.4 Å². The molecule has 0 heterocycles. The molecular formula is C11H9Cl2NO4. The highest BCUT2D eigenvalue weighted by Crippen LogP contribution is 2.18. The molecule has 0 aliphatic carbocycles. The summed E-state index contributed by atoms with van der Waals surface area (Å²) in [4.78, 5) is 32.4. The van der Waals surface area contributed by atoms with E-state index in [0.29, 0.717) is 5.69 Å². The molecule has 0 amide bonds. The van der Waals surface area contributed by atoms with Crippen LogP contribution < -0.4 is 5.32 Å². The summed E-state index contributed by atoms with van der Waals surface area (Å²) in [6.45, 7) is 0.158. The van der Waals surface area contributed by atoms with Gasteiger partial charge in [0.15, 0.2) is 0 Å². The Labute approximate surface area is 113 Å². The van der Waals surface area contributed by atoms with Crippen LogP contribution in [0.4, 0.5) is 5.69 Å². The number of halogens is 2. The van der Waals surface area contributed by atoms with Crippen LogP contribution in [0.1, 0.15) is 27.1 Å².